The van der Waals surface area contributed by atoms with Crippen molar-refractivity contribution in [2.45, 2.75) is 51.1 Å². The SMILES string of the molecule is O=C(Nc1ccncc1)C1CCC(CNC2CCN(Cc3ccccc3)CC2)CC1. The van der Waals surface area contributed by atoms with Crippen LogP contribution in [0.25, 0.3) is 0 Å². The van der Waals surface area contributed by atoms with Gasteiger partial charge in [0.15, 0.2) is 0 Å². The molecule has 1 aromatic heterocycles. The molecular weight excluding hydrogens is 372 g/mol. The van der Waals surface area contributed by atoms with Crippen LogP contribution < -0.4 is 10.6 Å². The summed E-state index contributed by atoms with van der Waals surface area (Å²) in [7, 11) is 0. The quantitative estimate of drug-likeness (QED) is 0.727. The molecule has 0 radical (unpaired) electrons. The van der Waals surface area contributed by atoms with Crippen molar-refractivity contribution < 1.29 is 4.79 Å². The minimum Gasteiger partial charge on any atom is -0.326 e. The molecule has 1 aliphatic heterocycles. The first-order valence-corrected chi connectivity index (χ1v) is 11.5. The van der Waals surface area contributed by atoms with E-state index in [0.717, 1.165) is 44.5 Å². The molecule has 1 aromatic carbocycles. The van der Waals surface area contributed by atoms with Gasteiger partial charge in [-0.15, -0.1) is 0 Å². The summed E-state index contributed by atoms with van der Waals surface area (Å²) in [4.78, 5) is 19.1. The number of hydrogen-bond acceptors (Lipinski definition) is 4. The molecule has 30 heavy (non-hydrogen) atoms. The highest BCUT2D eigenvalue weighted by Crippen LogP contribution is 2.29. The number of likely N-dealkylation sites (tertiary alicyclic amines) is 1. The molecule has 1 saturated carbocycles. The van der Waals surface area contributed by atoms with Gasteiger partial charge >= 0.3 is 0 Å². The Morgan fingerprint density at radius 1 is 0.933 bits per heavy atom. The van der Waals surface area contributed by atoms with Gasteiger partial charge in [-0.05, 0) is 81.8 Å². The molecule has 2 heterocycles. The Morgan fingerprint density at radius 3 is 2.33 bits per heavy atom. The fourth-order valence-corrected chi connectivity index (χ4v) is 4.78. The minimum absolute atomic E-state index is 0.149. The van der Waals surface area contributed by atoms with Crippen molar-refractivity contribution in [3.8, 4) is 0 Å². The predicted octanol–water partition coefficient (Wildman–Crippen LogP) is 4.08. The molecule has 5 nitrogen and oxygen atoms in total. The lowest BCUT2D eigenvalue weighted by Gasteiger charge is -2.34. The lowest BCUT2D eigenvalue weighted by molar-refractivity contribution is -0.121. The normalized spacial score (nSPS) is 23.2. The number of piperidine rings is 1. The van der Waals surface area contributed by atoms with Gasteiger partial charge in [-0.2, -0.15) is 0 Å². The Hall–Kier alpha value is -2.24. The maximum absolute atomic E-state index is 12.5. The summed E-state index contributed by atoms with van der Waals surface area (Å²) in [6.07, 6.45) is 10.2. The van der Waals surface area contributed by atoms with Gasteiger partial charge in [0.05, 0.1) is 0 Å². The van der Waals surface area contributed by atoms with E-state index in [9.17, 15) is 4.79 Å². The molecule has 2 aromatic rings. The largest absolute Gasteiger partial charge is 0.326 e. The zero-order chi connectivity index (χ0) is 20.6. The first kappa shape index (κ1) is 21.0. The standard InChI is InChI=1S/C25H34N4O/c30-25(28-24-10-14-26-15-11-24)22-8-6-20(7-9-22)18-27-23-12-16-29(17-13-23)19-21-4-2-1-3-5-21/h1-5,10-11,14-15,20,22-23,27H,6-9,12-13,16-19H2,(H,26,28,30). The topological polar surface area (TPSA) is 57.3 Å². The number of rotatable bonds is 7. The molecule has 2 fully saturated rings. The zero-order valence-corrected chi connectivity index (χ0v) is 17.8. The number of nitrogens with zero attached hydrogens (tertiary/aromatic N) is 2. The summed E-state index contributed by atoms with van der Waals surface area (Å²) >= 11 is 0. The van der Waals surface area contributed by atoms with E-state index in [4.69, 9.17) is 0 Å². The number of pyridine rings is 1. The highest BCUT2D eigenvalue weighted by atomic mass is 16.1. The van der Waals surface area contributed by atoms with E-state index in [1.54, 1.807) is 12.4 Å². The average molecular weight is 407 g/mol. The zero-order valence-electron chi connectivity index (χ0n) is 17.8. The van der Waals surface area contributed by atoms with Gasteiger partial charge in [-0.1, -0.05) is 30.3 Å². The number of nitrogens with one attached hydrogen (secondary N) is 2. The molecule has 0 spiro atoms. The van der Waals surface area contributed by atoms with E-state index in [-0.39, 0.29) is 11.8 Å². The van der Waals surface area contributed by atoms with Gasteiger partial charge in [0.2, 0.25) is 5.91 Å². The van der Waals surface area contributed by atoms with Crippen molar-refractivity contribution in [3.63, 3.8) is 0 Å². The van der Waals surface area contributed by atoms with Crippen molar-refractivity contribution in [3.05, 3.63) is 60.4 Å². The molecule has 0 unspecified atom stereocenters. The second-order valence-corrected chi connectivity index (χ2v) is 8.89. The number of amides is 1. The van der Waals surface area contributed by atoms with E-state index in [2.05, 4.69) is 50.8 Å². The van der Waals surface area contributed by atoms with Crippen molar-refractivity contribution in [1.29, 1.82) is 0 Å². The number of anilines is 1. The predicted molar refractivity (Wildman–Crippen MR) is 121 cm³/mol. The van der Waals surface area contributed by atoms with E-state index in [1.807, 2.05) is 12.1 Å². The van der Waals surface area contributed by atoms with Crippen molar-refractivity contribution in [2.24, 2.45) is 11.8 Å². The van der Waals surface area contributed by atoms with Crippen LogP contribution in [-0.4, -0.2) is 41.5 Å². The first-order valence-electron chi connectivity index (χ1n) is 11.5. The summed E-state index contributed by atoms with van der Waals surface area (Å²) < 4.78 is 0. The summed E-state index contributed by atoms with van der Waals surface area (Å²) in [5, 5.41) is 6.86. The number of hydrogen-bond donors (Lipinski definition) is 2. The molecule has 160 valence electrons. The molecule has 4 rings (SSSR count). The molecule has 1 saturated heterocycles. The highest BCUT2D eigenvalue weighted by molar-refractivity contribution is 5.92. The Balaban J connectivity index is 1.11. The first-order chi connectivity index (χ1) is 14.8. The van der Waals surface area contributed by atoms with Crippen LogP contribution in [-0.2, 0) is 11.3 Å². The molecule has 1 aliphatic carbocycles. The third kappa shape index (κ3) is 6.13. The second kappa shape index (κ2) is 10.7. The van der Waals surface area contributed by atoms with E-state index < -0.39 is 0 Å². The second-order valence-electron chi connectivity index (χ2n) is 8.89. The number of carbonyl (C=O) groups excluding carboxylic acids is 1. The van der Waals surface area contributed by atoms with Crippen LogP contribution in [0.4, 0.5) is 5.69 Å². The van der Waals surface area contributed by atoms with E-state index in [0.29, 0.717) is 12.0 Å². The van der Waals surface area contributed by atoms with E-state index in [1.165, 1.54) is 31.5 Å². The molecule has 2 aliphatic rings. The van der Waals surface area contributed by atoms with Crippen LogP contribution in [0.3, 0.4) is 0 Å². The Bertz CT molecular complexity index is 766. The Morgan fingerprint density at radius 2 is 1.63 bits per heavy atom. The van der Waals surface area contributed by atoms with Gasteiger partial charge in [0.25, 0.3) is 0 Å². The third-order valence-corrected chi connectivity index (χ3v) is 6.70. The third-order valence-electron chi connectivity index (χ3n) is 6.70. The van der Waals surface area contributed by atoms with Gasteiger partial charge in [0, 0.05) is 36.6 Å². The summed E-state index contributed by atoms with van der Waals surface area (Å²) in [5.74, 6) is 1.02. The summed E-state index contributed by atoms with van der Waals surface area (Å²) in [5.41, 5.74) is 2.26. The molecule has 0 bridgehead atoms. The molecule has 5 heteroatoms. The Labute approximate surface area is 180 Å². The average Bonchev–Trinajstić information content (AvgIpc) is 2.80. The van der Waals surface area contributed by atoms with Gasteiger partial charge in [-0.3, -0.25) is 14.7 Å². The smallest absolute Gasteiger partial charge is 0.227 e. The van der Waals surface area contributed by atoms with Gasteiger partial charge < -0.3 is 10.6 Å². The number of benzene rings is 1. The molecule has 0 atom stereocenters. The molecular formula is C25H34N4O. The molecule has 1 amide bonds. The lowest BCUT2D eigenvalue weighted by Crippen LogP contribution is -2.44. The summed E-state index contributed by atoms with van der Waals surface area (Å²) in [6.45, 7) is 4.52. The maximum atomic E-state index is 12.5. The van der Waals surface area contributed by atoms with Gasteiger partial charge in [-0.25, -0.2) is 0 Å². The van der Waals surface area contributed by atoms with Gasteiger partial charge in [0.1, 0.15) is 0 Å². The van der Waals surface area contributed by atoms with Crippen LogP contribution in [0.2, 0.25) is 0 Å². The minimum atomic E-state index is 0.149. The number of carbonyl (C=O) groups is 1. The Kier molecular flexibility index (Phi) is 7.49. The maximum Gasteiger partial charge on any atom is 0.227 e. The van der Waals surface area contributed by atoms with Crippen LogP contribution in [0.5, 0.6) is 0 Å². The van der Waals surface area contributed by atoms with Crippen LogP contribution in [0.1, 0.15) is 44.1 Å². The summed E-state index contributed by atoms with van der Waals surface area (Å²) in [6, 6.07) is 15.1. The fraction of sp³-hybridized carbons (Fsp3) is 0.520. The highest BCUT2D eigenvalue weighted by Gasteiger charge is 2.27. The van der Waals surface area contributed by atoms with Crippen molar-refractivity contribution in [1.82, 2.24) is 15.2 Å². The van der Waals surface area contributed by atoms with E-state index >= 15 is 0 Å². The van der Waals surface area contributed by atoms with Crippen molar-refractivity contribution >= 4 is 11.6 Å². The fourth-order valence-electron chi connectivity index (χ4n) is 4.78. The number of aromatic nitrogens is 1. The molecule has 2 N–H and O–H groups in total. The van der Waals surface area contributed by atoms with Crippen molar-refractivity contribution in [2.75, 3.05) is 25.0 Å². The van der Waals surface area contributed by atoms with Crippen LogP contribution in [0, 0.1) is 11.8 Å². The van der Waals surface area contributed by atoms with Crippen LogP contribution in [0.15, 0.2) is 54.9 Å². The monoisotopic (exact) mass is 406 g/mol. The lowest BCUT2D eigenvalue weighted by atomic mass is 9.81. The van der Waals surface area contributed by atoms with Crippen LogP contribution >= 0.6 is 0 Å².